The van der Waals surface area contributed by atoms with E-state index >= 15 is 0 Å². The zero-order chi connectivity index (χ0) is 31.1. The van der Waals surface area contributed by atoms with Crippen LogP contribution in [-0.2, 0) is 20.7 Å². The molecule has 11 heteroatoms. The number of halogens is 2. The Balaban J connectivity index is 1.18. The number of likely N-dealkylation sites (N-methyl/N-ethyl adjacent to an activating group) is 1. The third kappa shape index (κ3) is 8.04. The normalized spacial score (nSPS) is 16.3. The molecule has 2 aromatic carbocycles. The van der Waals surface area contributed by atoms with Gasteiger partial charge in [-0.15, -0.1) is 0 Å². The Morgan fingerprint density at radius 1 is 1.07 bits per heavy atom. The Labute approximate surface area is 262 Å². The largest absolute Gasteiger partial charge is 0.447 e. The highest BCUT2D eigenvalue weighted by molar-refractivity contribution is 6.31. The monoisotopic (exact) mass is 623 g/mol. The van der Waals surface area contributed by atoms with Crippen molar-refractivity contribution in [1.29, 1.82) is 0 Å². The number of nitrogens with one attached hydrogen (secondary N) is 1. The van der Waals surface area contributed by atoms with E-state index in [4.69, 9.17) is 16.3 Å². The van der Waals surface area contributed by atoms with Crippen molar-refractivity contribution in [3.63, 3.8) is 0 Å². The lowest BCUT2D eigenvalue weighted by Gasteiger charge is -2.43. The summed E-state index contributed by atoms with van der Waals surface area (Å²) in [4.78, 5) is 49.2. The van der Waals surface area contributed by atoms with Crippen molar-refractivity contribution >= 4 is 46.1 Å². The number of anilines is 1. The van der Waals surface area contributed by atoms with Crippen molar-refractivity contribution in [2.24, 2.45) is 0 Å². The number of ether oxygens (including phenoxy) is 1. The van der Waals surface area contributed by atoms with Gasteiger partial charge in [0, 0.05) is 63.7 Å². The molecule has 1 saturated heterocycles. The lowest BCUT2D eigenvalue weighted by molar-refractivity contribution is -0.136. The predicted octanol–water partition coefficient (Wildman–Crippen LogP) is 5.51. The first-order valence-corrected chi connectivity index (χ1v) is 15.6. The zero-order valence-corrected chi connectivity index (χ0v) is 25.8. The summed E-state index contributed by atoms with van der Waals surface area (Å²) in [6.45, 7) is 3.05. The number of carbonyl (C=O) groups is 3. The molecular weight excluding hydrogens is 585 g/mol. The van der Waals surface area contributed by atoms with Crippen LogP contribution in [0.15, 0.2) is 54.7 Å². The highest BCUT2D eigenvalue weighted by atomic mass is 35.5. The van der Waals surface area contributed by atoms with Crippen molar-refractivity contribution in [2.75, 3.05) is 45.2 Å². The minimum Gasteiger partial charge on any atom is -0.447 e. The first-order valence-electron chi connectivity index (χ1n) is 15.3. The molecule has 2 aliphatic rings. The molecule has 3 amide bonds. The summed E-state index contributed by atoms with van der Waals surface area (Å²) in [6, 6.07) is 14.1. The van der Waals surface area contributed by atoms with Crippen LogP contribution in [0, 0.1) is 5.82 Å². The summed E-state index contributed by atoms with van der Waals surface area (Å²) < 4.78 is 19.4. The Morgan fingerprint density at radius 3 is 2.55 bits per heavy atom. The minimum absolute atomic E-state index is 0.00445. The SMILES string of the molecule is CN(C(=O)CCc1cccc(F)c1Cl)[C@@H](CCC(=O)N1CCN(C2CCC2)CC1)COC(=O)Nc1cc2ccccc2cn1. The maximum absolute atomic E-state index is 13.9. The van der Waals surface area contributed by atoms with Crippen molar-refractivity contribution in [3.05, 3.63) is 71.1 Å². The number of nitrogens with zero attached hydrogens (tertiary/aromatic N) is 4. The van der Waals surface area contributed by atoms with Crippen LogP contribution >= 0.6 is 11.6 Å². The van der Waals surface area contributed by atoms with Crippen LogP contribution in [0.3, 0.4) is 0 Å². The molecule has 0 bridgehead atoms. The van der Waals surface area contributed by atoms with Crippen molar-refractivity contribution in [2.45, 2.75) is 57.0 Å². The fraction of sp³-hybridized carbons (Fsp3) is 0.455. The van der Waals surface area contributed by atoms with E-state index in [2.05, 4.69) is 15.2 Å². The molecule has 9 nitrogen and oxygen atoms in total. The molecule has 0 spiro atoms. The first kappa shape index (κ1) is 31.7. The summed E-state index contributed by atoms with van der Waals surface area (Å²) >= 11 is 6.08. The van der Waals surface area contributed by atoms with Crippen molar-refractivity contribution in [3.8, 4) is 0 Å². The highest BCUT2D eigenvalue weighted by Crippen LogP contribution is 2.26. The molecule has 234 valence electrons. The summed E-state index contributed by atoms with van der Waals surface area (Å²) in [5.41, 5.74) is 0.541. The minimum atomic E-state index is -0.705. The third-order valence-corrected chi connectivity index (χ3v) is 9.22. The second-order valence-corrected chi connectivity index (χ2v) is 11.9. The molecule has 1 N–H and O–H groups in total. The third-order valence-electron chi connectivity index (χ3n) is 8.80. The van der Waals surface area contributed by atoms with Gasteiger partial charge in [-0.25, -0.2) is 14.2 Å². The van der Waals surface area contributed by atoms with Gasteiger partial charge in [-0.3, -0.25) is 19.8 Å². The molecule has 0 radical (unpaired) electrons. The Hall–Kier alpha value is -3.76. The predicted molar refractivity (Wildman–Crippen MR) is 168 cm³/mol. The number of amides is 3. The highest BCUT2D eigenvalue weighted by Gasteiger charge is 2.30. The summed E-state index contributed by atoms with van der Waals surface area (Å²) in [5.74, 6) is -0.384. The molecule has 1 atom stereocenters. The molecular formula is C33H39ClFN5O4. The van der Waals surface area contributed by atoms with Crippen LogP contribution in [0.2, 0.25) is 5.02 Å². The number of aryl methyl sites for hydroxylation is 1. The van der Waals surface area contributed by atoms with Crippen molar-refractivity contribution in [1.82, 2.24) is 19.7 Å². The number of hydrogen-bond donors (Lipinski definition) is 1. The zero-order valence-electron chi connectivity index (χ0n) is 25.0. The molecule has 2 heterocycles. The van der Waals surface area contributed by atoms with Gasteiger partial charge < -0.3 is 14.5 Å². The lowest BCUT2D eigenvalue weighted by atomic mass is 9.91. The van der Waals surface area contributed by atoms with Gasteiger partial charge >= 0.3 is 6.09 Å². The molecule has 1 saturated carbocycles. The van der Waals surface area contributed by atoms with Crippen LogP contribution in [-0.4, -0.2) is 89.5 Å². The van der Waals surface area contributed by atoms with Gasteiger partial charge in [0.05, 0.1) is 11.1 Å². The van der Waals surface area contributed by atoms with Crippen LogP contribution < -0.4 is 5.32 Å². The molecule has 1 aliphatic carbocycles. The standard InChI is InChI=1S/C33H39ClFN5O4/c1-38(30(41)14-12-23-8-4-11-28(35)32(23)34)27(13-15-31(42)40-18-16-39(17-19-40)26-9-5-10-26)22-44-33(43)37-29-20-24-6-2-3-7-25(24)21-36-29/h2-4,6-8,11,20-21,26-27H,5,9-10,12-19,22H2,1H3,(H,36,37,43)/t27-/m0/s1. The summed E-state index contributed by atoms with van der Waals surface area (Å²) in [5, 5.41) is 4.52. The second-order valence-electron chi connectivity index (χ2n) is 11.6. The molecule has 44 heavy (non-hydrogen) atoms. The summed E-state index contributed by atoms with van der Waals surface area (Å²) in [6.07, 6.45) is 5.62. The quantitative estimate of drug-likeness (QED) is 0.303. The number of piperazine rings is 1. The molecule has 3 aromatic rings. The van der Waals surface area contributed by atoms with E-state index in [0.29, 0.717) is 36.9 Å². The molecule has 1 aromatic heterocycles. The first-order chi connectivity index (χ1) is 21.3. The number of fused-ring (bicyclic) bond motifs is 1. The smallest absolute Gasteiger partial charge is 0.412 e. The number of pyridine rings is 1. The maximum Gasteiger partial charge on any atom is 0.412 e. The van der Waals surface area contributed by atoms with E-state index in [1.807, 2.05) is 29.2 Å². The van der Waals surface area contributed by atoms with Crippen LogP contribution in [0.4, 0.5) is 15.0 Å². The summed E-state index contributed by atoms with van der Waals surface area (Å²) in [7, 11) is 1.63. The number of aromatic nitrogens is 1. The molecule has 0 unspecified atom stereocenters. The van der Waals surface area contributed by atoms with Crippen LogP contribution in [0.25, 0.3) is 10.8 Å². The van der Waals surface area contributed by atoms with Crippen molar-refractivity contribution < 1.29 is 23.5 Å². The van der Waals surface area contributed by atoms with Crippen LogP contribution in [0.1, 0.15) is 44.1 Å². The van der Waals surface area contributed by atoms with E-state index in [-0.39, 0.29) is 42.7 Å². The van der Waals surface area contributed by atoms with E-state index < -0.39 is 18.0 Å². The number of hydrogen-bond acceptors (Lipinski definition) is 6. The van der Waals surface area contributed by atoms with E-state index in [0.717, 1.165) is 23.9 Å². The van der Waals surface area contributed by atoms with E-state index in [1.165, 1.54) is 30.2 Å². The topological polar surface area (TPSA) is 95.1 Å². The molecule has 2 fully saturated rings. The van der Waals surface area contributed by atoms with Gasteiger partial charge in [-0.05, 0) is 48.8 Å². The number of rotatable bonds is 11. The maximum atomic E-state index is 13.9. The van der Waals surface area contributed by atoms with E-state index in [9.17, 15) is 18.8 Å². The lowest BCUT2D eigenvalue weighted by Crippen LogP contribution is -2.53. The van der Waals surface area contributed by atoms with Gasteiger partial charge in [-0.1, -0.05) is 54.4 Å². The second kappa shape index (κ2) is 14.8. The average Bonchev–Trinajstić information content (AvgIpc) is 3.00. The van der Waals surface area contributed by atoms with Gasteiger partial charge in [-0.2, -0.15) is 0 Å². The van der Waals surface area contributed by atoms with Gasteiger partial charge in [0.2, 0.25) is 11.8 Å². The van der Waals surface area contributed by atoms with Crippen LogP contribution in [0.5, 0.6) is 0 Å². The molecule has 5 rings (SSSR count). The average molecular weight is 624 g/mol. The molecule has 1 aliphatic heterocycles. The number of benzene rings is 2. The number of carbonyl (C=O) groups excluding carboxylic acids is 3. The Kier molecular flexibility index (Phi) is 10.7. The van der Waals surface area contributed by atoms with Gasteiger partial charge in [0.15, 0.2) is 0 Å². The van der Waals surface area contributed by atoms with Gasteiger partial charge in [0.1, 0.15) is 18.2 Å². The fourth-order valence-corrected chi connectivity index (χ4v) is 5.97. The fourth-order valence-electron chi connectivity index (χ4n) is 5.75. The van der Waals surface area contributed by atoms with E-state index in [1.54, 1.807) is 31.4 Å². The Bertz CT molecular complexity index is 1480. The Morgan fingerprint density at radius 2 is 1.82 bits per heavy atom. The van der Waals surface area contributed by atoms with Gasteiger partial charge in [0.25, 0.3) is 0 Å².